The number of hydrogen-bond acceptors (Lipinski definition) is 0. The zero-order valence-corrected chi connectivity index (χ0v) is 14.3. The number of hydrogen-bond donors (Lipinski definition) is 0. The standard InChI is InChI=1S/C21H36.Na.H/c1-2-3-4-5-6-7-8-9-10-11-12-13-15-18-21-19-16-14-17-20-21;;/h14,16-17,19-20H,2-13,15,18H2,1H3;;. The molecule has 0 aliphatic rings. The summed E-state index contributed by atoms with van der Waals surface area (Å²) in [6.45, 7) is 2.29. The molecule has 0 amide bonds. The molecule has 0 heterocycles. The van der Waals surface area contributed by atoms with Crippen molar-refractivity contribution in [2.75, 3.05) is 0 Å². The number of benzene rings is 1. The van der Waals surface area contributed by atoms with Crippen molar-refractivity contribution in [3.8, 4) is 0 Å². The minimum absolute atomic E-state index is 0. The van der Waals surface area contributed by atoms with Crippen LogP contribution in [0, 0.1) is 0 Å². The van der Waals surface area contributed by atoms with E-state index in [1.54, 1.807) is 0 Å². The van der Waals surface area contributed by atoms with Gasteiger partial charge in [0.2, 0.25) is 0 Å². The topological polar surface area (TPSA) is 0 Å². The van der Waals surface area contributed by atoms with Gasteiger partial charge in [0.1, 0.15) is 0 Å². The van der Waals surface area contributed by atoms with Gasteiger partial charge in [0.15, 0.2) is 0 Å². The van der Waals surface area contributed by atoms with E-state index < -0.39 is 0 Å². The van der Waals surface area contributed by atoms with Gasteiger partial charge >= 0.3 is 29.6 Å². The Bertz CT molecular complexity index is 307. The molecule has 122 valence electrons. The van der Waals surface area contributed by atoms with Crippen molar-refractivity contribution >= 4 is 29.6 Å². The van der Waals surface area contributed by atoms with E-state index in [-0.39, 0.29) is 29.6 Å². The molecule has 0 radical (unpaired) electrons. The Morgan fingerprint density at radius 3 is 1.41 bits per heavy atom. The fourth-order valence-corrected chi connectivity index (χ4v) is 2.99. The summed E-state index contributed by atoms with van der Waals surface area (Å²) in [5.41, 5.74) is 1.50. The quantitative estimate of drug-likeness (QED) is 0.266. The molecule has 0 atom stereocenters. The van der Waals surface area contributed by atoms with Gasteiger partial charge in [-0.05, 0) is 18.4 Å². The van der Waals surface area contributed by atoms with Gasteiger partial charge in [-0.15, -0.1) is 0 Å². The first kappa shape index (κ1) is 22.2. The zero-order chi connectivity index (χ0) is 15.0. The molecular formula is C21H37Na. The second-order valence-corrected chi connectivity index (χ2v) is 6.48. The molecule has 1 heteroatoms. The van der Waals surface area contributed by atoms with Crippen molar-refractivity contribution in [3.05, 3.63) is 35.9 Å². The van der Waals surface area contributed by atoms with E-state index in [9.17, 15) is 0 Å². The Labute approximate surface area is 161 Å². The third kappa shape index (κ3) is 13.9. The first-order valence-electron chi connectivity index (χ1n) is 9.47. The normalized spacial score (nSPS) is 10.4. The summed E-state index contributed by atoms with van der Waals surface area (Å²) < 4.78 is 0. The molecule has 1 aromatic carbocycles. The Hall–Kier alpha value is 0.220. The summed E-state index contributed by atoms with van der Waals surface area (Å²) in [4.78, 5) is 0. The van der Waals surface area contributed by atoms with E-state index in [0.717, 1.165) is 0 Å². The minimum atomic E-state index is 0. The van der Waals surface area contributed by atoms with Crippen LogP contribution >= 0.6 is 0 Å². The van der Waals surface area contributed by atoms with Crippen LogP contribution in [0.3, 0.4) is 0 Å². The van der Waals surface area contributed by atoms with Crippen LogP contribution in [0.4, 0.5) is 0 Å². The molecule has 0 unspecified atom stereocenters. The third-order valence-corrected chi connectivity index (χ3v) is 4.41. The van der Waals surface area contributed by atoms with Crippen LogP contribution in [0.2, 0.25) is 0 Å². The zero-order valence-electron chi connectivity index (χ0n) is 14.3. The predicted molar refractivity (Wildman–Crippen MR) is 103 cm³/mol. The van der Waals surface area contributed by atoms with Crippen molar-refractivity contribution in [2.45, 2.75) is 96.8 Å². The fraction of sp³-hybridized carbons (Fsp3) is 0.714. The van der Waals surface area contributed by atoms with E-state index in [2.05, 4.69) is 37.3 Å². The Morgan fingerprint density at radius 2 is 0.955 bits per heavy atom. The summed E-state index contributed by atoms with van der Waals surface area (Å²) in [6, 6.07) is 10.9. The monoisotopic (exact) mass is 312 g/mol. The fourth-order valence-electron chi connectivity index (χ4n) is 2.99. The molecule has 22 heavy (non-hydrogen) atoms. The SMILES string of the molecule is CCCCCCCCCCCCCCCc1ccccc1.[NaH]. The van der Waals surface area contributed by atoms with Gasteiger partial charge < -0.3 is 0 Å². The van der Waals surface area contributed by atoms with Crippen molar-refractivity contribution in [1.82, 2.24) is 0 Å². The van der Waals surface area contributed by atoms with Gasteiger partial charge in [0.25, 0.3) is 0 Å². The van der Waals surface area contributed by atoms with Gasteiger partial charge in [-0.1, -0.05) is 114 Å². The summed E-state index contributed by atoms with van der Waals surface area (Å²) in [5, 5.41) is 0. The van der Waals surface area contributed by atoms with Crippen molar-refractivity contribution < 1.29 is 0 Å². The first-order valence-corrected chi connectivity index (χ1v) is 9.47. The number of unbranched alkanes of at least 4 members (excludes halogenated alkanes) is 12. The molecular weight excluding hydrogens is 275 g/mol. The number of aryl methyl sites for hydroxylation is 1. The van der Waals surface area contributed by atoms with Crippen LogP contribution in [-0.2, 0) is 6.42 Å². The Kier molecular flexibility index (Phi) is 17.7. The second kappa shape index (κ2) is 17.6. The van der Waals surface area contributed by atoms with Crippen LogP contribution in [0.1, 0.15) is 96.0 Å². The van der Waals surface area contributed by atoms with Crippen molar-refractivity contribution in [2.24, 2.45) is 0 Å². The van der Waals surface area contributed by atoms with Crippen LogP contribution in [0.25, 0.3) is 0 Å². The average Bonchev–Trinajstić information content (AvgIpc) is 2.53. The average molecular weight is 313 g/mol. The van der Waals surface area contributed by atoms with Gasteiger partial charge in [0.05, 0.1) is 0 Å². The molecule has 0 aliphatic carbocycles. The van der Waals surface area contributed by atoms with Crippen molar-refractivity contribution in [1.29, 1.82) is 0 Å². The molecule has 0 bridgehead atoms. The van der Waals surface area contributed by atoms with Gasteiger partial charge in [-0.3, -0.25) is 0 Å². The van der Waals surface area contributed by atoms with Crippen LogP contribution < -0.4 is 0 Å². The number of rotatable bonds is 14. The van der Waals surface area contributed by atoms with Crippen LogP contribution in [0.5, 0.6) is 0 Å². The maximum atomic E-state index is 2.29. The summed E-state index contributed by atoms with van der Waals surface area (Å²) in [6.07, 6.45) is 20.0. The third-order valence-electron chi connectivity index (χ3n) is 4.41. The van der Waals surface area contributed by atoms with Crippen LogP contribution in [0.15, 0.2) is 30.3 Å². The molecule has 0 N–H and O–H groups in total. The summed E-state index contributed by atoms with van der Waals surface area (Å²) >= 11 is 0. The molecule has 0 fully saturated rings. The Morgan fingerprint density at radius 1 is 0.545 bits per heavy atom. The summed E-state index contributed by atoms with van der Waals surface area (Å²) in [5.74, 6) is 0. The van der Waals surface area contributed by atoms with Gasteiger partial charge in [-0.25, -0.2) is 0 Å². The molecule has 1 rings (SSSR count). The first-order chi connectivity index (χ1) is 10.4. The molecule has 0 aliphatic heterocycles. The van der Waals surface area contributed by atoms with E-state index in [0.29, 0.717) is 0 Å². The Balaban J connectivity index is 0.00000441. The van der Waals surface area contributed by atoms with Gasteiger partial charge in [-0.2, -0.15) is 0 Å². The van der Waals surface area contributed by atoms with E-state index in [4.69, 9.17) is 0 Å². The molecule has 0 saturated heterocycles. The van der Waals surface area contributed by atoms with Crippen LogP contribution in [-0.4, -0.2) is 29.6 Å². The molecule has 0 saturated carbocycles. The molecule has 0 aromatic heterocycles. The second-order valence-electron chi connectivity index (χ2n) is 6.48. The summed E-state index contributed by atoms with van der Waals surface area (Å²) in [7, 11) is 0. The molecule has 0 spiro atoms. The predicted octanol–water partition coefficient (Wildman–Crippen LogP) is 6.67. The molecule has 0 nitrogen and oxygen atoms in total. The van der Waals surface area contributed by atoms with E-state index >= 15 is 0 Å². The van der Waals surface area contributed by atoms with E-state index in [1.165, 1.54) is 95.5 Å². The molecule has 1 aromatic rings. The maximum absolute atomic E-state index is 2.29. The van der Waals surface area contributed by atoms with Gasteiger partial charge in [0, 0.05) is 0 Å². The van der Waals surface area contributed by atoms with E-state index in [1.807, 2.05) is 0 Å². The van der Waals surface area contributed by atoms with Crippen molar-refractivity contribution in [3.63, 3.8) is 0 Å².